The molecule has 9 heteroatoms. The Labute approximate surface area is 151 Å². The number of hydrogen-bond donors (Lipinski definition) is 2. The van der Waals surface area contributed by atoms with E-state index < -0.39 is 14.9 Å². The van der Waals surface area contributed by atoms with E-state index in [4.69, 9.17) is 4.74 Å². The molecule has 2 aromatic rings. The highest BCUT2D eigenvalue weighted by molar-refractivity contribution is 7.89. The summed E-state index contributed by atoms with van der Waals surface area (Å²) in [6.07, 6.45) is 0. The van der Waals surface area contributed by atoms with Crippen LogP contribution in [0.2, 0.25) is 0 Å². The molecule has 0 atom stereocenters. The second kappa shape index (κ2) is 7.98. The van der Waals surface area contributed by atoms with Crippen molar-refractivity contribution >= 4 is 21.4 Å². The molecule has 0 saturated carbocycles. The van der Waals surface area contributed by atoms with Gasteiger partial charge in [-0.15, -0.1) is 4.83 Å². The first-order valence-electron chi connectivity index (χ1n) is 7.69. The van der Waals surface area contributed by atoms with Crippen molar-refractivity contribution in [1.82, 2.24) is 10.3 Å². The van der Waals surface area contributed by atoms with Crippen LogP contribution in [0.1, 0.15) is 18.1 Å². The monoisotopic (exact) mass is 377 g/mol. The summed E-state index contributed by atoms with van der Waals surface area (Å²) in [7, 11) is -3.84. The first-order valence-corrected chi connectivity index (χ1v) is 9.18. The molecule has 0 bridgehead atoms. The lowest BCUT2D eigenvalue weighted by Crippen LogP contribution is -2.35. The van der Waals surface area contributed by atoms with Crippen LogP contribution in [-0.4, -0.2) is 19.9 Å². The zero-order valence-corrected chi connectivity index (χ0v) is 15.2. The summed E-state index contributed by atoms with van der Waals surface area (Å²) in [6.45, 7) is 7.64. The molecule has 0 spiro atoms. The Bertz CT molecular complexity index is 924. The van der Waals surface area contributed by atoms with E-state index >= 15 is 0 Å². The maximum Gasteiger partial charge on any atom is 0.272 e. The van der Waals surface area contributed by atoms with Gasteiger partial charge in [-0.2, -0.15) is 0 Å². The summed E-state index contributed by atoms with van der Waals surface area (Å²) in [5.41, 5.74) is 3.49. The summed E-state index contributed by atoms with van der Waals surface area (Å²) >= 11 is 0. The van der Waals surface area contributed by atoms with Crippen LogP contribution in [0.15, 0.2) is 53.9 Å². The van der Waals surface area contributed by atoms with Crippen molar-refractivity contribution in [3.63, 3.8) is 0 Å². The number of nitrogens with one attached hydrogen (secondary N) is 2. The predicted molar refractivity (Wildman–Crippen MR) is 97.9 cm³/mol. The molecular formula is C17H19N3O5S. The summed E-state index contributed by atoms with van der Waals surface area (Å²) in [6, 6.07) is 10.4. The predicted octanol–water partition coefficient (Wildman–Crippen LogP) is 2.76. The topological polar surface area (TPSA) is 111 Å². The number of ether oxygens (including phenoxy) is 1. The van der Waals surface area contributed by atoms with Crippen LogP contribution < -0.4 is 15.0 Å². The lowest BCUT2D eigenvalue weighted by atomic mass is 10.1. The van der Waals surface area contributed by atoms with Gasteiger partial charge in [-0.1, -0.05) is 18.7 Å². The highest BCUT2D eigenvalue weighted by atomic mass is 32.2. The molecule has 0 aliphatic rings. The minimum atomic E-state index is -3.84. The highest BCUT2D eigenvalue weighted by Crippen LogP contribution is 2.22. The van der Waals surface area contributed by atoms with Gasteiger partial charge >= 0.3 is 0 Å². The van der Waals surface area contributed by atoms with Gasteiger partial charge in [0.25, 0.3) is 15.7 Å². The van der Waals surface area contributed by atoms with E-state index in [2.05, 4.69) is 16.8 Å². The van der Waals surface area contributed by atoms with E-state index in [9.17, 15) is 18.5 Å². The highest BCUT2D eigenvalue weighted by Gasteiger charge is 2.16. The van der Waals surface area contributed by atoms with Crippen molar-refractivity contribution in [1.29, 1.82) is 0 Å². The van der Waals surface area contributed by atoms with Gasteiger partial charge in [-0.3, -0.25) is 10.1 Å². The second-order valence-electron chi connectivity index (χ2n) is 5.37. The average molecular weight is 377 g/mol. The summed E-state index contributed by atoms with van der Waals surface area (Å²) in [5, 5.41) is 11.0. The second-order valence-corrected chi connectivity index (χ2v) is 7.05. The van der Waals surface area contributed by atoms with Gasteiger partial charge in [-0.25, -0.2) is 8.42 Å². The number of nitrogens with zero attached hydrogens (tertiary/aromatic N) is 1. The Morgan fingerprint density at radius 2 is 1.88 bits per heavy atom. The fourth-order valence-corrected chi connectivity index (χ4v) is 3.01. The number of hydrogen-bond acceptors (Lipinski definition) is 6. The lowest BCUT2D eigenvalue weighted by molar-refractivity contribution is -0.385. The Morgan fingerprint density at radius 1 is 1.23 bits per heavy atom. The van der Waals surface area contributed by atoms with Crippen molar-refractivity contribution in [2.24, 2.45) is 0 Å². The van der Waals surface area contributed by atoms with Crippen molar-refractivity contribution in [3.05, 3.63) is 70.3 Å². The van der Waals surface area contributed by atoms with Gasteiger partial charge in [0.05, 0.1) is 22.1 Å². The SMILES string of the molecule is C=C(NNS(=O)(=O)c1ccc(OCC)cc1)c1ccc(C)c([N+](=O)[O-])c1. The van der Waals surface area contributed by atoms with Crippen LogP contribution in [0.3, 0.4) is 0 Å². The first-order chi connectivity index (χ1) is 12.2. The molecule has 0 unspecified atom stereocenters. The van der Waals surface area contributed by atoms with Crippen molar-refractivity contribution in [2.45, 2.75) is 18.7 Å². The van der Waals surface area contributed by atoms with Gasteiger partial charge in [0.1, 0.15) is 5.75 Å². The molecule has 0 aromatic heterocycles. The average Bonchev–Trinajstić information content (AvgIpc) is 2.60. The Hall–Kier alpha value is -2.91. The standard InChI is InChI=1S/C17H19N3O5S/c1-4-25-15-7-9-16(10-8-15)26(23,24)19-18-13(3)14-6-5-12(2)17(11-14)20(21)22/h5-11,18-19H,3-4H2,1-2H3. The Kier molecular flexibility index (Phi) is 5.96. The van der Waals surface area contributed by atoms with E-state index in [1.807, 2.05) is 6.92 Å². The zero-order chi connectivity index (χ0) is 19.3. The van der Waals surface area contributed by atoms with Crippen molar-refractivity contribution in [2.75, 3.05) is 6.61 Å². The molecule has 0 saturated heterocycles. The molecule has 138 valence electrons. The van der Waals surface area contributed by atoms with E-state index in [1.54, 1.807) is 31.2 Å². The maximum absolute atomic E-state index is 12.3. The molecule has 2 N–H and O–H groups in total. The third-order valence-electron chi connectivity index (χ3n) is 3.54. The van der Waals surface area contributed by atoms with Gasteiger partial charge in [0, 0.05) is 17.2 Å². The van der Waals surface area contributed by atoms with Gasteiger partial charge in [0.15, 0.2) is 0 Å². The van der Waals surface area contributed by atoms with Crippen LogP contribution >= 0.6 is 0 Å². The maximum atomic E-state index is 12.3. The first kappa shape index (κ1) is 19.4. The lowest BCUT2D eigenvalue weighted by Gasteiger charge is -2.12. The van der Waals surface area contributed by atoms with E-state index in [0.29, 0.717) is 23.5 Å². The Morgan fingerprint density at radius 3 is 2.46 bits per heavy atom. The molecule has 0 heterocycles. The number of hydrazine groups is 1. The molecule has 0 aliphatic heterocycles. The molecule has 0 radical (unpaired) electrons. The van der Waals surface area contributed by atoms with Gasteiger partial charge in [-0.05, 0) is 38.1 Å². The van der Waals surface area contributed by atoms with Crippen LogP contribution in [0.25, 0.3) is 5.70 Å². The number of benzene rings is 2. The zero-order valence-electron chi connectivity index (χ0n) is 14.4. The summed E-state index contributed by atoms with van der Waals surface area (Å²) in [4.78, 5) is 12.7. The molecule has 0 aliphatic carbocycles. The molecule has 26 heavy (non-hydrogen) atoms. The number of nitro benzene ring substituents is 1. The summed E-state index contributed by atoms with van der Waals surface area (Å²) in [5.74, 6) is 0.566. The van der Waals surface area contributed by atoms with Crippen molar-refractivity contribution in [3.8, 4) is 5.75 Å². The third-order valence-corrected chi connectivity index (χ3v) is 4.80. The molecule has 8 nitrogen and oxygen atoms in total. The van der Waals surface area contributed by atoms with Crippen molar-refractivity contribution < 1.29 is 18.1 Å². The summed E-state index contributed by atoms with van der Waals surface area (Å²) < 4.78 is 29.9. The van der Waals surface area contributed by atoms with Crippen LogP contribution in [0.5, 0.6) is 5.75 Å². The quantitative estimate of drug-likeness (QED) is 0.541. The molecular weight excluding hydrogens is 358 g/mol. The van der Waals surface area contributed by atoms with Crippen LogP contribution in [0.4, 0.5) is 5.69 Å². The van der Waals surface area contributed by atoms with E-state index in [1.165, 1.54) is 18.2 Å². The van der Waals surface area contributed by atoms with Gasteiger partial charge < -0.3 is 10.2 Å². The fourth-order valence-electron chi connectivity index (χ4n) is 2.14. The minimum absolute atomic E-state index is 0.0381. The number of nitro groups is 1. The van der Waals surface area contributed by atoms with Crippen LogP contribution in [0, 0.1) is 17.0 Å². The third kappa shape index (κ3) is 4.58. The number of aryl methyl sites for hydroxylation is 1. The smallest absolute Gasteiger partial charge is 0.272 e. The molecule has 2 rings (SSSR count). The number of rotatable bonds is 8. The fraction of sp³-hybridized carbons (Fsp3) is 0.176. The van der Waals surface area contributed by atoms with E-state index in [0.717, 1.165) is 0 Å². The van der Waals surface area contributed by atoms with Crippen LogP contribution in [-0.2, 0) is 10.0 Å². The molecule has 2 aromatic carbocycles. The van der Waals surface area contributed by atoms with Gasteiger partial charge in [0.2, 0.25) is 0 Å². The number of sulfonamides is 1. The Balaban J connectivity index is 2.10. The van der Waals surface area contributed by atoms with E-state index in [-0.39, 0.29) is 16.3 Å². The normalized spacial score (nSPS) is 11.0. The minimum Gasteiger partial charge on any atom is -0.494 e. The molecule has 0 amide bonds. The largest absolute Gasteiger partial charge is 0.494 e. The molecule has 0 fully saturated rings.